The van der Waals surface area contributed by atoms with E-state index < -0.39 is 11.7 Å². The topological polar surface area (TPSA) is 70.1 Å². The summed E-state index contributed by atoms with van der Waals surface area (Å²) in [6.07, 6.45) is 0. The molecule has 116 valence electrons. The van der Waals surface area contributed by atoms with Gasteiger partial charge >= 0.3 is 5.91 Å². The first-order valence-corrected chi connectivity index (χ1v) is 7.62. The fourth-order valence-corrected chi connectivity index (χ4v) is 3.17. The Morgan fingerprint density at radius 1 is 1.48 bits per heavy atom. The van der Waals surface area contributed by atoms with E-state index in [9.17, 15) is 14.4 Å². The lowest BCUT2D eigenvalue weighted by Gasteiger charge is -2.07. The van der Waals surface area contributed by atoms with Gasteiger partial charge in [0.15, 0.2) is 11.4 Å². The standard InChI is InChI=1S/C16H12FN3O2S/c1-8-9(7-18)13-14(22-15(19-13)16(21)20(2)3)12(17)11(8)10-5-4-6-23-10/h4-6H,1-3H3. The van der Waals surface area contributed by atoms with Gasteiger partial charge in [-0.25, -0.2) is 9.37 Å². The first kappa shape index (κ1) is 15.2. The summed E-state index contributed by atoms with van der Waals surface area (Å²) in [4.78, 5) is 18.0. The Kier molecular flexibility index (Phi) is 3.62. The molecule has 0 saturated carbocycles. The number of fused-ring (bicyclic) bond motifs is 1. The van der Waals surface area contributed by atoms with Crippen LogP contribution in [-0.2, 0) is 0 Å². The fourth-order valence-electron chi connectivity index (χ4n) is 2.35. The van der Waals surface area contributed by atoms with Gasteiger partial charge in [0.1, 0.15) is 11.6 Å². The summed E-state index contributed by atoms with van der Waals surface area (Å²) in [5.74, 6) is -1.33. The Labute approximate surface area is 135 Å². The lowest BCUT2D eigenvalue weighted by molar-refractivity contribution is 0.0791. The number of halogens is 1. The molecule has 0 N–H and O–H groups in total. The van der Waals surface area contributed by atoms with E-state index in [4.69, 9.17) is 4.42 Å². The molecule has 0 saturated heterocycles. The molecule has 2 aromatic heterocycles. The van der Waals surface area contributed by atoms with E-state index in [1.807, 2.05) is 11.4 Å². The number of thiophene rings is 1. The van der Waals surface area contributed by atoms with Gasteiger partial charge in [-0.1, -0.05) is 6.07 Å². The molecule has 1 aromatic carbocycles. The number of benzene rings is 1. The van der Waals surface area contributed by atoms with E-state index in [0.717, 1.165) is 0 Å². The highest BCUT2D eigenvalue weighted by Gasteiger charge is 2.26. The Hall–Kier alpha value is -2.72. The zero-order valence-corrected chi connectivity index (χ0v) is 13.5. The van der Waals surface area contributed by atoms with Gasteiger partial charge in [-0.15, -0.1) is 11.3 Å². The Balaban J connectivity index is 2.37. The lowest BCUT2D eigenvalue weighted by Crippen LogP contribution is -2.21. The van der Waals surface area contributed by atoms with E-state index in [2.05, 4.69) is 4.98 Å². The minimum atomic E-state index is -0.607. The Bertz CT molecular complexity index is 952. The van der Waals surface area contributed by atoms with Crippen LogP contribution in [-0.4, -0.2) is 29.9 Å². The SMILES string of the molecule is Cc1c(-c2cccs2)c(F)c2oc(C(=O)N(C)C)nc2c1C#N. The number of carbonyl (C=O) groups excluding carboxylic acids is 1. The summed E-state index contributed by atoms with van der Waals surface area (Å²) >= 11 is 1.36. The average molecular weight is 329 g/mol. The average Bonchev–Trinajstić information content (AvgIpc) is 3.16. The molecule has 7 heteroatoms. The molecule has 3 aromatic rings. The second kappa shape index (κ2) is 5.48. The van der Waals surface area contributed by atoms with Crippen molar-refractivity contribution in [3.63, 3.8) is 0 Å². The predicted octanol–water partition coefficient (Wildman–Crippen LogP) is 3.58. The molecular formula is C16H12FN3O2S. The van der Waals surface area contributed by atoms with Gasteiger partial charge < -0.3 is 9.32 Å². The van der Waals surface area contributed by atoms with Gasteiger partial charge in [0.25, 0.3) is 5.89 Å². The number of hydrogen-bond donors (Lipinski definition) is 0. The van der Waals surface area contributed by atoms with Crippen molar-refractivity contribution in [3.05, 3.63) is 40.3 Å². The summed E-state index contributed by atoms with van der Waals surface area (Å²) in [5.41, 5.74) is 0.918. The number of oxazole rings is 1. The van der Waals surface area contributed by atoms with Crippen molar-refractivity contribution in [2.45, 2.75) is 6.92 Å². The van der Waals surface area contributed by atoms with E-state index in [0.29, 0.717) is 16.0 Å². The first-order valence-electron chi connectivity index (χ1n) is 6.74. The zero-order chi connectivity index (χ0) is 16.7. The van der Waals surface area contributed by atoms with Gasteiger partial charge in [0.2, 0.25) is 0 Å². The van der Waals surface area contributed by atoms with Crippen LogP contribution in [0, 0.1) is 24.1 Å². The first-order chi connectivity index (χ1) is 11.0. The number of aromatic nitrogens is 1. The van der Waals surface area contributed by atoms with Crippen LogP contribution in [0.5, 0.6) is 0 Å². The Morgan fingerprint density at radius 2 is 2.22 bits per heavy atom. The normalized spacial score (nSPS) is 10.7. The lowest BCUT2D eigenvalue weighted by atomic mass is 9.99. The van der Waals surface area contributed by atoms with Crippen LogP contribution in [0.3, 0.4) is 0 Å². The van der Waals surface area contributed by atoms with Gasteiger partial charge in [-0.3, -0.25) is 4.79 Å². The molecule has 5 nitrogen and oxygen atoms in total. The second-order valence-electron chi connectivity index (χ2n) is 5.17. The van der Waals surface area contributed by atoms with Crippen LogP contribution in [0.2, 0.25) is 0 Å². The van der Waals surface area contributed by atoms with Gasteiger partial charge in [-0.2, -0.15) is 5.26 Å². The summed E-state index contributed by atoms with van der Waals surface area (Å²) < 4.78 is 20.3. The van der Waals surface area contributed by atoms with E-state index in [1.165, 1.54) is 16.2 Å². The molecule has 0 radical (unpaired) electrons. The molecule has 0 aliphatic carbocycles. The number of nitriles is 1. The van der Waals surface area contributed by atoms with E-state index in [-0.39, 0.29) is 22.6 Å². The summed E-state index contributed by atoms with van der Waals surface area (Å²) in [7, 11) is 3.09. The molecule has 3 rings (SSSR count). The van der Waals surface area contributed by atoms with Crippen molar-refractivity contribution < 1.29 is 13.6 Å². The van der Waals surface area contributed by atoms with Crippen molar-refractivity contribution >= 4 is 28.3 Å². The molecule has 0 fully saturated rings. The van der Waals surface area contributed by atoms with Crippen LogP contribution in [0.25, 0.3) is 21.5 Å². The van der Waals surface area contributed by atoms with Gasteiger partial charge in [0, 0.05) is 24.5 Å². The zero-order valence-electron chi connectivity index (χ0n) is 12.7. The maximum Gasteiger partial charge on any atom is 0.309 e. The smallest absolute Gasteiger partial charge is 0.309 e. The molecule has 2 heterocycles. The molecule has 0 unspecified atom stereocenters. The highest BCUT2D eigenvalue weighted by Crippen LogP contribution is 2.37. The van der Waals surface area contributed by atoms with Crippen LogP contribution in [0.15, 0.2) is 21.9 Å². The van der Waals surface area contributed by atoms with Gasteiger partial charge in [0.05, 0.1) is 5.56 Å². The van der Waals surface area contributed by atoms with E-state index >= 15 is 0 Å². The number of carbonyl (C=O) groups is 1. The maximum atomic E-state index is 14.9. The molecule has 0 atom stereocenters. The van der Waals surface area contributed by atoms with Crippen molar-refractivity contribution in [3.8, 4) is 16.5 Å². The summed E-state index contributed by atoms with van der Waals surface area (Å²) in [5, 5.41) is 11.3. The van der Waals surface area contributed by atoms with Crippen molar-refractivity contribution in [1.82, 2.24) is 9.88 Å². The summed E-state index contributed by atoms with van der Waals surface area (Å²) in [6, 6.07) is 5.61. The molecule has 0 aliphatic rings. The van der Waals surface area contributed by atoms with Crippen molar-refractivity contribution in [2.75, 3.05) is 14.1 Å². The molecule has 0 bridgehead atoms. The molecule has 23 heavy (non-hydrogen) atoms. The third-order valence-corrected chi connectivity index (χ3v) is 4.39. The predicted molar refractivity (Wildman–Crippen MR) is 84.7 cm³/mol. The molecule has 0 spiro atoms. The van der Waals surface area contributed by atoms with Crippen LogP contribution >= 0.6 is 11.3 Å². The number of rotatable bonds is 2. The highest BCUT2D eigenvalue weighted by atomic mass is 32.1. The fraction of sp³-hybridized carbons (Fsp3) is 0.188. The molecule has 0 aliphatic heterocycles. The van der Waals surface area contributed by atoms with Crippen LogP contribution in [0.4, 0.5) is 4.39 Å². The molecule has 1 amide bonds. The number of amides is 1. The summed E-state index contributed by atoms with van der Waals surface area (Å²) in [6.45, 7) is 1.66. The monoisotopic (exact) mass is 329 g/mol. The third-order valence-electron chi connectivity index (χ3n) is 3.50. The largest absolute Gasteiger partial charge is 0.429 e. The highest BCUT2D eigenvalue weighted by molar-refractivity contribution is 7.13. The Morgan fingerprint density at radius 3 is 2.78 bits per heavy atom. The second-order valence-corrected chi connectivity index (χ2v) is 6.12. The molecular weight excluding hydrogens is 317 g/mol. The van der Waals surface area contributed by atoms with Crippen molar-refractivity contribution in [1.29, 1.82) is 5.26 Å². The number of hydrogen-bond acceptors (Lipinski definition) is 5. The number of nitrogens with zero attached hydrogens (tertiary/aromatic N) is 3. The van der Waals surface area contributed by atoms with E-state index in [1.54, 1.807) is 33.2 Å². The third kappa shape index (κ3) is 2.28. The van der Waals surface area contributed by atoms with Crippen LogP contribution < -0.4 is 0 Å². The van der Waals surface area contributed by atoms with Crippen molar-refractivity contribution in [2.24, 2.45) is 0 Å². The minimum absolute atomic E-state index is 0.0769. The minimum Gasteiger partial charge on any atom is -0.429 e. The quantitative estimate of drug-likeness (QED) is 0.720. The van der Waals surface area contributed by atoms with Gasteiger partial charge in [-0.05, 0) is 23.9 Å². The van der Waals surface area contributed by atoms with Crippen LogP contribution in [0.1, 0.15) is 21.8 Å². The maximum absolute atomic E-state index is 14.9.